The molecule has 0 spiro atoms. The molecule has 2 aromatic carbocycles. The predicted molar refractivity (Wildman–Crippen MR) is 108 cm³/mol. The Hall–Kier alpha value is -2.32. The molecule has 0 N–H and O–H groups in total. The minimum atomic E-state index is -3.08. The molecule has 1 amide bonds. The van der Waals surface area contributed by atoms with Crippen LogP contribution in [0.15, 0.2) is 59.6 Å². The summed E-state index contributed by atoms with van der Waals surface area (Å²) >= 11 is 1.36. The molecule has 4 rings (SSSR count). The number of carbonyl (C=O) groups excluding carboxylic acids is 1. The van der Waals surface area contributed by atoms with Crippen molar-refractivity contribution in [2.45, 2.75) is 11.3 Å². The smallest absolute Gasteiger partial charge is 0.279 e. The van der Waals surface area contributed by atoms with Crippen molar-refractivity contribution in [3.05, 3.63) is 60.2 Å². The first-order valence-corrected chi connectivity index (χ1v) is 11.2. The molecule has 2 heterocycles. The number of hydrogen-bond acceptors (Lipinski definition) is 5. The molecule has 0 radical (unpaired) electrons. The Bertz CT molecular complexity index is 1010. The van der Waals surface area contributed by atoms with E-state index >= 15 is 0 Å². The van der Waals surface area contributed by atoms with Crippen molar-refractivity contribution >= 4 is 38.4 Å². The third-order valence-electron chi connectivity index (χ3n) is 4.61. The molecule has 6 nitrogen and oxygen atoms in total. The molecule has 2 aliphatic heterocycles. The molecule has 27 heavy (non-hydrogen) atoms. The van der Waals surface area contributed by atoms with Crippen LogP contribution in [0, 0.1) is 0 Å². The minimum absolute atomic E-state index is 0.0753. The SMILES string of the molecule is COc1cccc(C(=O)N=C2SC3CS(=O)(=O)CC3N2c2ccccc2)c1. The summed E-state index contributed by atoms with van der Waals surface area (Å²) in [5, 5.41) is 0.422. The minimum Gasteiger partial charge on any atom is -0.497 e. The number of fused-ring (bicyclic) bond motifs is 1. The van der Waals surface area contributed by atoms with E-state index in [1.807, 2.05) is 35.2 Å². The Morgan fingerprint density at radius 2 is 1.93 bits per heavy atom. The fourth-order valence-corrected chi connectivity index (χ4v) is 7.27. The first-order chi connectivity index (χ1) is 13.0. The molecule has 140 valence electrons. The zero-order valence-electron chi connectivity index (χ0n) is 14.6. The average molecular weight is 402 g/mol. The number of para-hydroxylation sites is 1. The summed E-state index contributed by atoms with van der Waals surface area (Å²) in [5.41, 5.74) is 1.27. The van der Waals surface area contributed by atoms with E-state index in [1.165, 1.54) is 11.8 Å². The Balaban J connectivity index is 1.70. The normalized spacial score (nSPS) is 24.8. The Labute approximate surface area is 162 Å². The topological polar surface area (TPSA) is 76.0 Å². The molecule has 2 aromatic rings. The maximum atomic E-state index is 12.7. The summed E-state index contributed by atoms with van der Waals surface area (Å²) in [5.74, 6) is 0.396. The highest BCUT2D eigenvalue weighted by molar-refractivity contribution is 8.16. The number of aliphatic imine (C=N–C) groups is 1. The Kier molecular flexibility index (Phi) is 4.69. The Morgan fingerprint density at radius 1 is 1.15 bits per heavy atom. The summed E-state index contributed by atoms with van der Waals surface area (Å²) in [6.07, 6.45) is 0. The van der Waals surface area contributed by atoms with Gasteiger partial charge in [-0.25, -0.2) is 8.42 Å². The van der Waals surface area contributed by atoms with Crippen LogP contribution < -0.4 is 9.64 Å². The van der Waals surface area contributed by atoms with E-state index in [1.54, 1.807) is 31.4 Å². The number of sulfone groups is 1. The molecule has 2 aliphatic rings. The van der Waals surface area contributed by atoms with Gasteiger partial charge in [0.05, 0.1) is 24.7 Å². The highest BCUT2D eigenvalue weighted by Gasteiger charge is 2.49. The van der Waals surface area contributed by atoms with Crippen LogP contribution >= 0.6 is 11.8 Å². The fourth-order valence-electron chi connectivity index (χ4n) is 3.36. The van der Waals surface area contributed by atoms with Crippen molar-refractivity contribution in [2.24, 2.45) is 4.99 Å². The molecule has 2 saturated heterocycles. The number of amidine groups is 1. The van der Waals surface area contributed by atoms with Gasteiger partial charge >= 0.3 is 0 Å². The first-order valence-electron chi connectivity index (χ1n) is 8.45. The zero-order chi connectivity index (χ0) is 19.0. The van der Waals surface area contributed by atoms with Gasteiger partial charge in [0.2, 0.25) is 0 Å². The number of amides is 1. The van der Waals surface area contributed by atoms with Gasteiger partial charge in [-0.05, 0) is 30.3 Å². The van der Waals surface area contributed by atoms with E-state index in [0.717, 1.165) is 5.69 Å². The average Bonchev–Trinajstić information content (AvgIpc) is 3.13. The van der Waals surface area contributed by atoms with Gasteiger partial charge < -0.3 is 9.64 Å². The van der Waals surface area contributed by atoms with Gasteiger partial charge in [0.25, 0.3) is 5.91 Å². The third-order valence-corrected chi connectivity index (χ3v) is 7.82. The van der Waals surface area contributed by atoms with Crippen LogP contribution in [0.1, 0.15) is 10.4 Å². The highest BCUT2D eigenvalue weighted by Crippen LogP contribution is 2.41. The molecule has 0 saturated carbocycles. The van der Waals surface area contributed by atoms with Crippen LogP contribution in [-0.4, -0.2) is 49.4 Å². The summed E-state index contributed by atoms with van der Waals surface area (Å²) in [4.78, 5) is 18.9. The van der Waals surface area contributed by atoms with Crippen LogP contribution in [0.3, 0.4) is 0 Å². The van der Waals surface area contributed by atoms with Gasteiger partial charge in [0.15, 0.2) is 15.0 Å². The van der Waals surface area contributed by atoms with Gasteiger partial charge in [-0.3, -0.25) is 4.79 Å². The molecule has 2 unspecified atom stereocenters. The van der Waals surface area contributed by atoms with Crippen LogP contribution in [0.25, 0.3) is 0 Å². The van der Waals surface area contributed by atoms with Crippen LogP contribution in [-0.2, 0) is 9.84 Å². The van der Waals surface area contributed by atoms with Crippen molar-refractivity contribution in [1.29, 1.82) is 0 Å². The number of benzene rings is 2. The zero-order valence-corrected chi connectivity index (χ0v) is 16.2. The number of carbonyl (C=O) groups is 1. The van der Waals surface area contributed by atoms with E-state index in [2.05, 4.69) is 4.99 Å². The molecule has 2 atom stereocenters. The van der Waals surface area contributed by atoms with Gasteiger partial charge in [0, 0.05) is 16.5 Å². The summed E-state index contributed by atoms with van der Waals surface area (Å²) < 4.78 is 29.3. The lowest BCUT2D eigenvalue weighted by Crippen LogP contribution is -2.37. The van der Waals surface area contributed by atoms with Crippen molar-refractivity contribution in [1.82, 2.24) is 0 Å². The molecule has 0 aromatic heterocycles. The van der Waals surface area contributed by atoms with Crippen LogP contribution in [0.4, 0.5) is 5.69 Å². The molecule has 0 bridgehead atoms. The first kappa shape index (κ1) is 18.1. The maximum Gasteiger partial charge on any atom is 0.279 e. The monoisotopic (exact) mass is 402 g/mol. The molecule has 2 fully saturated rings. The molecule has 8 heteroatoms. The highest BCUT2D eigenvalue weighted by atomic mass is 32.2. The lowest BCUT2D eigenvalue weighted by molar-refractivity contribution is 0.100. The lowest BCUT2D eigenvalue weighted by Gasteiger charge is -2.24. The maximum absolute atomic E-state index is 12.7. The number of hydrogen-bond donors (Lipinski definition) is 0. The van der Waals surface area contributed by atoms with E-state index < -0.39 is 9.84 Å². The second-order valence-corrected chi connectivity index (χ2v) is 9.80. The quantitative estimate of drug-likeness (QED) is 0.786. The van der Waals surface area contributed by atoms with E-state index in [9.17, 15) is 13.2 Å². The number of anilines is 1. The number of rotatable bonds is 3. The molecule has 0 aliphatic carbocycles. The molecular formula is C19H18N2O4S2. The van der Waals surface area contributed by atoms with Crippen molar-refractivity contribution in [3.63, 3.8) is 0 Å². The molecular weight excluding hydrogens is 384 g/mol. The van der Waals surface area contributed by atoms with Crippen molar-refractivity contribution in [2.75, 3.05) is 23.5 Å². The van der Waals surface area contributed by atoms with Gasteiger partial charge in [-0.1, -0.05) is 36.0 Å². The standard InChI is InChI=1S/C19H18N2O4S2/c1-25-15-9-5-6-13(10-15)18(22)20-19-21(14-7-3-2-4-8-14)16-11-27(23,24)12-17(16)26-19/h2-10,16-17H,11-12H2,1H3. The van der Waals surface area contributed by atoms with E-state index in [4.69, 9.17) is 4.74 Å². The van der Waals surface area contributed by atoms with Gasteiger partial charge in [-0.2, -0.15) is 4.99 Å². The van der Waals surface area contributed by atoms with Gasteiger partial charge in [0.1, 0.15) is 5.75 Å². The van der Waals surface area contributed by atoms with Gasteiger partial charge in [-0.15, -0.1) is 0 Å². The lowest BCUT2D eigenvalue weighted by atomic mass is 10.2. The second-order valence-electron chi connectivity index (χ2n) is 6.44. The second kappa shape index (κ2) is 7.01. The van der Waals surface area contributed by atoms with Crippen molar-refractivity contribution < 1.29 is 17.9 Å². The van der Waals surface area contributed by atoms with E-state index in [0.29, 0.717) is 16.5 Å². The van der Waals surface area contributed by atoms with E-state index in [-0.39, 0.29) is 28.7 Å². The van der Waals surface area contributed by atoms with Crippen LogP contribution in [0.2, 0.25) is 0 Å². The number of nitrogens with zero attached hydrogens (tertiary/aromatic N) is 2. The van der Waals surface area contributed by atoms with Crippen LogP contribution in [0.5, 0.6) is 5.75 Å². The number of thioether (sulfide) groups is 1. The third kappa shape index (κ3) is 3.59. The summed E-state index contributed by atoms with van der Waals surface area (Å²) in [6, 6.07) is 16.1. The number of methoxy groups -OCH3 is 1. The number of ether oxygens (including phenoxy) is 1. The predicted octanol–water partition coefficient (Wildman–Crippen LogP) is 2.61. The van der Waals surface area contributed by atoms with Crippen molar-refractivity contribution in [3.8, 4) is 5.75 Å². The summed E-state index contributed by atoms with van der Waals surface area (Å²) in [6.45, 7) is 0. The summed E-state index contributed by atoms with van der Waals surface area (Å²) in [7, 11) is -1.54. The fraction of sp³-hybridized carbons (Fsp3) is 0.263. The largest absolute Gasteiger partial charge is 0.497 e. The Morgan fingerprint density at radius 3 is 2.67 bits per heavy atom.